The van der Waals surface area contributed by atoms with Gasteiger partial charge in [0, 0.05) is 32.4 Å². The van der Waals surface area contributed by atoms with Crippen molar-refractivity contribution < 1.29 is 0 Å². The number of pyridine rings is 1. The number of fused-ring (bicyclic) bond motifs is 3. The Kier molecular flexibility index (Phi) is 1.80. The maximum Gasteiger partial charge on any atom is 0.152 e. The highest BCUT2D eigenvalue weighted by atomic mass is 15.3. The second-order valence-corrected chi connectivity index (χ2v) is 3.81. The summed E-state index contributed by atoms with van der Waals surface area (Å²) in [6.07, 6.45) is 1.87. The average Bonchev–Trinajstić information content (AvgIpc) is 2.29. The molecule has 1 aromatic rings. The van der Waals surface area contributed by atoms with Gasteiger partial charge in [-0.1, -0.05) is 0 Å². The quantitative estimate of drug-likeness (QED) is 0.616. The molecule has 1 fully saturated rings. The first kappa shape index (κ1) is 8.05. The normalized spacial score (nSPS) is 24.9. The Labute approximate surface area is 83.3 Å². The van der Waals surface area contributed by atoms with Crippen LogP contribution in [-0.2, 0) is 0 Å². The van der Waals surface area contributed by atoms with Crippen LogP contribution in [0.3, 0.4) is 0 Å². The molecule has 14 heavy (non-hydrogen) atoms. The summed E-state index contributed by atoms with van der Waals surface area (Å²) in [7, 11) is 0. The topological polar surface area (TPSA) is 40.2 Å². The van der Waals surface area contributed by atoms with Crippen molar-refractivity contribution in [2.75, 3.05) is 36.4 Å². The number of piperazine rings is 1. The summed E-state index contributed by atoms with van der Waals surface area (Å²) in [5.41, 5.74) is 1.17. The van der Waals surface area contributed by atoms with Gasteiger partial charge < -0.3 is 15.5 Å². The highest BCUT2D eigenvalue weighted by Crippen LogP contribution is 2.28. The number of hydrogen-bond donors (Lipinski definition) is 2. The van der Waals surface area contributed by atoms with Gasteiger partial charge in [0.2, 0.25) is 0 Å². The Morgan fingerprint density at radius 1 is 1.43 bits per heavy atom. The molecule has 3 heterocycles. The van der Waals surface area contributed by atoms with E-state index in [0.717, 1.165) is 32.0 Å². The average molecular weight is 190 g/mol. The molecule has 2 N–H and O–H groups in total. The fourth-order valence-electron chi connectivity index (χ4n) is 2.21. The summed E-state index contributed by atoms with van der Waals surface area (Å²) >= 11 is 0. The molecular formula is C10H14N4. The van der Waals surface area contributed by atoms with Crippen molar-refractivity contribution in [3.8, 4) is 0 Å². The minimum Gasteiger partial charge on any atom is -0.380 e. The molecule has 1 aromatic heterocycles. The van der Waals surface area contributed by atoms with E-state index in [1.54, 1.807) is 0 Å². The van der Waals surface area contributed by atoms with E-state index in [2.05, 4.69) is 26.6 Å². The van der Waals surface area contributed by atoms with Gasteiger partial charge in [-0.3, -0.25) is 0 Å². The molecule has 3 rings (SSSR count). The second kappa shape index (κ2) is 3.13. The largest absolute Gasteiger partial charge is 0.380 e. The summed E-state index contributed by atoms with van der Waals surface area (Å²) < 4.78 is 0. The fourth-order valence-corrected chi connectivity index (χ4v) is 2.21. The smallest absolute Gasteiger partial charge is 0.152 e. The number of anilines is 2. The van der Waals surface area contributed by atoms with Gasteiger partial charge in [0.15, 0.2) is 5.82 Å². The Balaban J connectivity index is 1.99. The van der Waals surface area contributed by atoms with Gasteiger partial charge in [-0.05, 0) is 12.1 Å². The van der Waals surface area contributed by atoms with Gasteiger partial charge in [-0.25, -0.2) is 4.98 Å². The molecular weight excluding hydrogens is 176 g/mol. The Hall–Kier alpha value is -1.29. The van der Waals surface area contributed by atoms with Crippen LogP contribution in [0.25, 0.3) is 0 Å². The van der Waals surface area contributed by atoms with E-state index in [4.69, 9.17) is 0 Å². The Morgan fingerprint density at radius 2 is 2.43 bits per heavy atom. The zero-order valence-electron chi connectivity index (χ0n) is 8.03. The van der Waals surface area contributed by atoms with Crippen LogP contribution in [0.1, 0.15) is 0 Å². The summed E-state index contributed by atoms with van der Waals surface area (Å²) in [6.45, 7) is 4.21. The molecule has 1 saturated heterocycles. The third-order valence-corrected chi connectivity index (χ3v) is 2.94. The maximum absolute atomic E-state index is 4.44. The molecule has 0 radical (unpaired) electrons. The maximum atomic E-state index is 4.44. The molecule has 0 spiro atoms. The lowest BCUT2D eigenvalue weighted by Gasteiger charge is -2.41. The van der Waals surface area contributed by atoms with E-state index >= 15 is 0 Å². The zero-order valence-corrected chi connectivity index (χ0v) is 8.03. The zero-order chi connectivity index (χ0) is 9.38. The fraction of sp³-hybridized carbons (Fsp3) is 0.500. The molecule has 0 saturated carbocycles. The molecule has 4 heteroatoms. The molecule has 2 aliphatic rings. The van der Waals surface area contributed by atoms with Crippen LogP contribution < -0.4 is 15.5 Å². The molecule has 74 valence electrons. The molecule has 1 atom stereocenters. The van der Waals surface area contributed by atoms with E-state index in [-0.39, 0.29) is 0 Å². The molecule has 4 nitrogen and oxygen atoms in total. The van der Waals surface area contributed by atoms with Crippen molar-refractivity contribution in [3.05, 3.63) is 18.3 Å². The van der Waals surface area contributed by atoms with Gasteiger partial charge in [0.1, 0.15) is 0 Å². The molecule has 2 aliphatic heterocycles. The molecule has 0 aliphatic carbocycles. The van der Waals surface area contributed by atoms with Gasteiger partial charge in [0.05, 0.1) is 11.7 Å². The summed E-state index contributed by atoms with van der Waals surface area (Å²) in [6, 6.07) is 4.64. The van der Waals surface area contributed by atoms with Crippen LogP contribution in [0.5, 0.6) is 0 Å². The van der Waals surface area contributed by atoms with Crippen LogP contribution in [0.15, 0.2) is 18.3 Å². The highest BCUT2D eigenvalue weighted by molar-refractivity contribution is 5.68. The van der Waals surface area contributed by atoms with E-state index in [1.165, 1.54) is 5.69 Å². The summed E-state index contributed by atoms with van der Waals surface area (Å²) in [5.74, 6) is 1.12. The van der Waals surface area contributed by atoms with Crippen molar-refractivity contribution in [1.82, 2.24) is 10.3 Å². The minimum absolute atomic E-state index is 0.561. The highest BCUT2D eigenvalue weighted by Gasteiger charge is 2.28. The monoisotopic (exact) mass is 190 g/mol. The van der Waals surface area contributed by atoms with Crippen LogP contribution >= 0.6 is 0 Å². The molecule has 1 unspecified atom stereocenters. The molecule has 0 bridgehead atoms. The third-order valence-electron chi connectivity index (χ3n) is 2.94. The standard InChI is InChI=1S/C10H14N4/c1-2-9-10(12-3-1)14-5-4-11-6-8(14)7-13-9/h1-3,8,11,13H,4-7H2. The van der Waals surface area contributed by atoms with Crippen LogP contribution in [-0.4, -0.2) is 37.2 Å². The van der Waals surface area contributed by atoms with Gasteiger partial charge in [-0.15, -0.1) is 0 Å². The summed E-state index contributed by atoms with van der Waals surface area (Å²) in [5, 5.41) is 6.82. The van der Waals surface area contributed by atoms with Crippen LogP contribution in [0.4, 0.5) is 11.5 Å². The van der Waals surface area contributed by atoms with E-state index < -0.39 is 0 Å². The van der Waals surface area contributed by atoms with Gasteiger partial charge >= 0.3 is 0 Å². The number of nitrogens with one attached hydrogen (secondary N) is 2. The Bertz CT molecular complexity index is 339. The van der Waals surface area contributed by atoms with E-state index in [0.29, 0.717) is 6.04 Å². The lowest BCUT2D eigenvalue weighted by Crippen LogP contribution is -2.56. The molecule has 0 aromatic carbocycles. The van der Waals surface area contributed by atoms with Crippen molar-refractivity contribution >= 4 is 11.5 Å². The number of rotatable bonds is 0. The third kappa shape index (κ3) is 1.14. The predicted molar refractivity (Wildman–Crippen MR) is 56.7 cm³/mol. The lowest BCUT2D eigenvalue weighted by atomic mass is 10.1. The number of nitrogens with zero attached hydrogens (tertiary/aromatic N) is 2. The van der Waals surface area contributed by atoms with Crippen molar-refractivity contribution in [2.45, 2.75) is 6.04 Å². The predicted octanol–water partition coefficient (Wildman–Crippen LogP) is 0.285. The van der Waals surface area contributed by atoms with E-state index in [1.807, 2.05) is 12.3 Å². The van der Waals surface area contributed by atoms with E-state index in [9.17, 15) is 0 Å². The SMILES string of the molecule is c1cnc2c(c1)NCC1CNCCN21. The lowest BCUT2D eigenvalue weighted by molar-refractivity contribution is 0.478. The second-order valence-electron chi connectivity index (χ2n) is 3.81. The Morgan fingerprint density at radius 3 is 3.43 bits per heavy atom. The summed E-state index contributed by atoms with van der Waals surface area (Å²) in [4.78, 5) is 6.84. The van der Waals surface area contributed by atoms with Gasteiger partial charge in [0.25, 0.3) is 0 Å². The van der Waals surface area contributed by atoms with Crippen LogP contribution in [0.2, 0.25) is 0 Å². The van der Waals surface area contributed by atoms with Crippen molar-refractivity contribution in [3.63, 3.8) is 0 Å². The number of hydrogen-bond acceptors (Lipinski definition) is 4. The van der Waals surface area contributed by atoms with Crippen molar-refractivity contribution in [2.24, 2.45) is 0 Å². The first-order valence-electron chi connectivity index (χ1n) is 5.11. The van der Waals surface area contributed by atoms with Gasteiger partial charge in [-0.2, -0.15) is 0 Å². The number of aromatic nitrogens is 1. The molecule has 0 amide bonds. The first-order chi connectivity index (χ1) is 6.95. The first-order valence-corrected chi connectivity index (χ1v) is 5.11. The van der Waals surface area contributed by atoms with Crippen molar-refractivity contribution in [1.29, 1.82) is 0 Å². The van der Waals surface area contributed by atoms with Crippen LogP contribution in [0, 0.1) is 0 Å². The minimum atomic E-state index is 0.561.